The van der Waals surface area contributed by atoms with E-state index in [1.165, 1.54) is 10.6 Å². The van der Waals surface area contributed by atoms with Crippen LogP contribution in [0.1, 0.15) is 23.5 Å². The van der Waals surface area contributed by atoms with E-state index < -0.39 is 0 Å². The topological polar surface area (TPSA) is 20.2 Å². The Hall–Kier alpha value is -1.10. The summed E-state index contributed by atoms with van der Waals surface area (Å²) >= 11 is 1.83. The number of aromatic nitrogens is 1. The fraction of sp³-hybridized carbons (Fsp3) is 0.467. The summed E-state index contributed by atoms with van der Waals surface area (Å²) in [6.07, 6.45) is 2.14. The van der Waals surface area contributed by atoms with Gasteiger partial charge in [0.15, 0.2) is 0 Å². The normalized spacial score (nSPS) is 13.1. The summed E-state index contributed by atoms with van der Waals surface area (Å²) in [5, 5.41) is 5.72. The van der Waals surface area contributed by atoms with Crippen LogP contribution in [-0.2, 0) is 13.1 Å². The van der Waals surface area contributed by atoms with Crippen LogP contribution in [0.3, 0.4) is 0 Å². The lowest BCUT2D eigenvalue weighted by atomic mass is 10.2. The van der Waals surface area contributed by atoms with E-state index in [1.54, 1.807) is 0 Å². The van der Waals surface area contributed by atoms with Gasteiger partial charge < -0.3 is 14.8 Å². The Balaban J connectivity index is 1.90. The molecule has 3 nitrogen and oxygen atoms in total. The standard InChI is InChI=1S/C15H23N3S/c1-4-18-9-5-7-13(18)11-16-12-14(17(2)3)15-8-6-10-19-15/h5-10,14,16H,4,11-12H2,1-3H3. The maximum atomic E-state index is 3.58. The van der Waals surface area contributed by atoms with Gasteiger partial charge in [-0.3, -0.25) is 0 Å². The van der Waals surface area contributed by atoms with E-state index in [2.05, 4.69) is 71.6 Å². The molecular weight excluding hydrogens is 254 g/mol. The molecule has 4 heteroatoms. The zero-order chi connectivity index (χ0) is 13.7. The van der Waals surface area contributed by atoms with Crippen molar-refractivity contribution < 1.29 is 0 Å². The summed E-state index contributed by atoms with van der Waals surface area (Å²) in [6.45, 7) is 5.11. The quantitative estimate of drug-likeness (QED) is 0.839. The molecular formula is C15H23N3S. The van der Waals surface area contributed by atoms with Gasteiger partial charge in [0.25, 0.3) is 0 Å². The van der Waals surface area contributed by atoms with Gasteiger partial charge in [0.1, 0.15) is 0 Å². The molecule has 0 spiro atoms. The van der Waals surface area contributed by atoms with E-state index in [4.69, 9.17) is 0 Å². The molecule has 0 bridgehead atoms. The van der Waals surface area contributed by atoms with Gasteiger partial charge in [-0.25, -0.2) is 0 Å². The van der Waals surface area contributed by atoms with Crippen molar-refractivity contribution in [1.29, 1.82) is 0 Å². The molecule has 0 radical (unpaired) electrons. The van der Waals surface area contributed by atoms with E-state index in [1.807, 2.05) is 11.3 Å². The minimum atomic E-state index is 0.449. The minimum Gasteiger partial charge on any atom is -0.351 e. The number of aryl methyl sites for hydroxylation is 1. The summed E-state index contributed by atoms with van der Waals surface area (Å²) in [6, 6.07) is 9.09. The highest BCUT2D eigenvalue weighted by Gasteiger charge is 2.14. The first-order chi connectivity index (χ1) is 9.22. The van der Waals surface area contributed by atoms with Gasteiger partial charge >= 0.3 is 0 Å². The number of hydrogen-bond acceptors (Lipinski definition) is 3. The van der Waals surface area contributed by atoms with Crippen LogP contribution in [0.25, 0.3) is 0 Å². The van der Waals surface area contributed by atoms with E-state index >= 15 is 0 Å². The van der Waals surface area contributed by atoms with Crippen molar-refractivity contribution in [2.45, 2.75) is 26.1 Å². The first-order valence-corrected chi connectivity index (χ1v) is 7.65. The lowest BCUT2D eigenvalue weighted by Crippen LogP contribution is -2.30. The second-order valence-electron chi connectivity index (χ2n) is 4.91. The molecule has 2 aromatic rings. The van der Waals surface area contributed by atoms with Crippen molar-refractivity contribution >= 4 is 11.3 Å². The maximum Gasteiger partial charge on any atom is 0.0561 e. The van der Waals surface area contributed by atoms with Gasteiger partial charge in [-0.2, -0.15) is 0 Å². The molecule has 0 saturated carbocycles. The lowest BCUT2D eigenvalue weighted by Gasteiger charge is -2.23. The van der Waals surface area contributed by atoms with E-state index in [-0.39, 0.29) is 0 Å². The van der Waals surface area contributed by atoms with Crippen molar-refractivity contribution in [3.63, 3.8) is 0 Å². The monoisotopic (exact) mass is 277 g/mol. The molecule has 2 heterocycles. The fourth-order valence-corrected chi connectivity index (χ4v) is 3.20. The molecule has 1 atom stereocenters. The molecule has 0 fully saturated rings. The molecule has 0 aromatic carbocycles. The summed E-state index contributed by atoms with van der Waals surface area (Å²) in [5.74, 6) is 0. The largest absolute Gasteiger partial charge is 0.351 e. The van der Waals surface area contributed by atoms with Crippen LogP contribution < -0.4 is 5.32 Å². The molecule has 2 rings (SSSR count). The van der Waals surface area contributed by atoms with Gasteiger partial charge in [-0.1, -0.05) is 6.07 Å². The van der Waals surface area contributed by atoms with E-state index in [9.17, 15) is 0 Å². The van der Waals surface area contributed by atoms with Crippen molar-refractivity contribution in [3.05, 3.63) is 46.4 Å². The molecule has 0 amide bonds. The fourth-order valence-electron chi connectivity index (χ4n) is 2.27. The predicted octanol–water partition coefficient (Wildman–Crippen LogP) is 2.96. The van der Waals surface area contributed by atoms with E-state index in [0.717, 1.165) is 19.6 Å². The van der Waals surface area contributed by atoms with Gasteiger partial charge in [-0.15, -0.1) is 11.3 Å². The van der Waals surface area contributed by atoms with Gasteiger partial charge in [0.05, 0.1) is 6.04 Å². The predicted molar refractivity (Wildman–Crippen MR) is 82.6 cm³/mol. The summed E-state index contributed by atoms with van der Waals surface area (Å²) < 4.78 is 2.28. The molecule has 1 unspecified atom stereocenters. The van der Waals surface area contributed by atoms with Crippen LogP contribution in [-0.4, -0.2) is 30.1 Å². The Morgan fingerprint density at radius 3 is 2.79 bits per heavy atom. The maximum absolute atomic E-state index is 3.58. The Morgan fingerprint density at radius 2 is 2.16 bits per heavy atom. The molecule has 0 aliphatic rings. The highest BCUT2D eigenvalue weighted by Crippen LogP contribution is 2.22. The van der Waals surface area contributed by atoms with Crippen molar-refractivity contribution in [2.24, 2.45) is 0 Å². The molecule has 0 aliphatic heterocycles. The number of nitrogens with zero attached hydrogens (tertiary/aromatic N) is 2. The van der Waals surface area contributed by atoms with Gasteiger partial charge in [0.2, 0.25) is 0 Å². The minimum absolute atomic E-state index is 0.449. The SMILES string of the molecule is CCn1cccc1CNCC(c1cccs1)N(C)C. The second kappa shape index (κ2) is 6.89. The van der Waals surface area contributed by atoms with Crippen molar-refractivity contribution in [1.82, 2.24) is 14.8 Å². The highest BCUT2D eigenvalue weighted by molar-refractivity contribution is 7.10. The van der Waals surface area contributed by atoms with Crippen LogP contribution >= 0.6 is 11.3 Å². The summed E-state index contributed by atoms with van der Waals surface area (Å²) in [5.41, 5.74) is 1.35. The molecule has 1 N–H and O–H groups in total. The number of nitrogens with one attached hydrogen (secondary N) is 1. The van der Waals surface area contributed by atoms with Crippen LogP contribution in [0.5, 0.6) is 0 Å². The highest BCUT2D eigenvalue weighted by atomic mass is 32.1. The summed E-state index contributed by atoms with van der Waals surface area (Å²) in [4.78, 5) is 3.70. The van der Waals surface area contributed by atoms with Crippen LogP contribution in [0.15, 0.2) is 35.8 Å². The first kappa shape index (κ1) is 14.3. The summed E-state index contributed by atoms with van der Waals surface area (Å²) in [7, 11) is 4.28. The number of likely N-dealkylation sites (N-methyl/N-ethyl adjacent to an activating group) is 1. The molecule has 104 valence electrons. The van der Waals surface area contributed by atoms with Crippen LogP contribution in [0.4, 0.5) is 0 Å². The molecule has 19 heavy (non-hydrogen) atoms. The first-order valence-electron chi connectivity index (χ1n) is 6.77. The number of rotatable bonds is 7. The Kier molecular flexibility index (Phi) is 5.19. The second-order valence-corrected chi connectivity index (χ2v) is 5.89. The molecule has 2 aromatic heterocycles. The average molecular weight is 277 g/mol. The van der Waals surface area contributed by atoms with Crippen molar-refractivity contribution in [2.75, 3.05) is 20.6 Å². The van der Waals surface area contributed by atoms with Crippen molar-refractivity contribution in [3.8, 4) is 0 Å². The third kappa shape index (κ3) is 3.69. The molecule has 0 aliphatic carbocycles. The van der Waals surface area contributed by atoms with Gasteiger partial charge in [-0.05, 0) is 44.6 Å². The van der Waals surface area contributed by atoms with Crippen LogP contribution in [0, 0.1) is 0 Å². The molecule has 0 saturated heterocycles. The zero-order valence-electron chi connectivity index (χ0n) is 12.0. The third-order valence-corrected chi connectivity index (χ3v) is 4.38. The Bertz CT molecular complexity index is 473. The van der Waals surface area contributed by atoms with Crippen LogP contribution in [0.2, 0.25) is 0 Å². The number of hydrogen-bond donors (Lipinski definition) is 1. The third-order valence-electron chi connectivity index (χ3n) is 3.40. The Morgan fingerprint density at radius 1 is 1.32 bits per heavy atom. The zero-order valence-corrected chi connectivity index (χ0v) is 12.8. The van der Waals surface area contributed by atoms with E-state index in [0.29, 0.717) is 6.04 Å². The Labute approximate surface area is 119 Å². The smallest absolute Gasteiger partial charge is 0.0561 e. The number of thiophene rings is 1. The average Bonchev–Trinajstić information content (AvgIpc) is 3.05. The van der Waals surface area contributed by atoms with Gasteiger partial charge in [0, 0.05) is 36.4 Å². The lowest BCUT2D eigenvalue weighted by molar-refractivity contribution is 0.291.